The van der Waals surface area contributed by atoms with Crippen molar-refractivity contribution in [1.29, 1.82) is 0 Å². The SMILES string of the molecule is CCCCCCCC/C=C\C/C=C/C(CC(=O)NC(CO)C(O)CCCCCCCCCCCCCCCCCCC)OC(=O)CCCCCCCCCCCCCCCC. The van der Waals surface area contributed by atoms with Crippen molar-refractivity contribution < 1.29 is 24.5 Å². The van der Waals surface area contributed by atoms with Crippen LogP contribution in [-0.2, 0) is 14.3 Å². The molecule has 0 bridgehead atoms. The van der Waals surface area contributed by atoms with Crippen LogP contribution in [0.25, 0.3) is 0 Å². The van der Waals surface area contributed by atoms with Gasteiger partial charge in [0.15, 0.2) is 0 Å². The first-order valence-electron chi connectivity index (χ1n) is 27.1. The summed E-state index contributed by atoms with van der Waals surface area (Å²) in [6, 6.07) is -0.727. The lowest BCUT2D eigenvalue weighted by Crippen LogP contribution is -2.46. The second-order valence-corrected chi connectivity index (χ2v) is 18.6. The first-order valence-corrected chi connectivity index (χ1v) is 27.1. The summed E-state index contributed by atoms with van der Waals surface area (Å²) in [6.45, 7) is 6.47. The number of aliphatic hydroxyl groups is 2. The number of amides is 1. The number of carbonyl (C=O) groups excluding carboxylic acids is 2. The predicted molar refractivity (Wildman–Crippen MR) is 264 cm³/mol. The zero-order valence-electron chi connectivity index (χ0n) is 41.1. The van der Waals surface area contributed by atoms with E-state index in [1.807, 2.05) is 12.2 Å². The highest BCUT2D eigenvalue weighted by atomic mass is 16.5. The van der Waals surface area contributed by atoms with Crippen LogP contribution >= 0.6 is 0 Å². The number of hydrogen-bond acceptors (Lipinski definition) is 5. The Labute approximate surface area is 380 Å². The van der Waals surface area contributed by atoms with Gasteiger partial charge < -0.3 is 20.3 Å². The molecule has 6 nitrogen and oxygen atoms in total. The van der Waals surface area contributed by atoms with E-state index in [0.29, 0.717) is 12.8 Å². The minimum atomic E-state index is -0.807. The summed E-state index contributed by atoms with van der Waals surface area (Å²) in [7, 11) is 0. The highest BCUT2D eigenvalue weighted by Crippen LogP contribution is 2.17. The number of rotatable bonds is 49. The maximum atomic E-state index is 13.2. The molecule has 0 rings (SSSR count). The van der Waals surface area contributed by atoms with E-state index in [1.54, 1.807) is 0 Å². The van der Waals surface area contributed by atoms with Gasteiger partial charge in [-0.1, -0.05) is 264 Å². The number of hydrogen-bond donors (Lipinski definition) is 3. The normalized spacial score (nSPS) is 13.3. The third kappa shape index (κ3) is 44.7. The maximum absolute atomic E-state index is 13.2. The standard InChI is InChI=1S/C55H105NO5/c1-4-7-10-13-16-19-22-24-26-27-28-29-32-35-38-41-44-47-53(58)52(50-57)56-54(59)49-51(46-43-40-37-34-31-21-18-15-12-9-6-3)61-55(60)48-45-42-39-36-33-30-25-23-20-17-14-11-8-5-2/h34,37,43,46,51-53,57-58H,4-33,35-36,38-42,44-45,47-50H2,1-3H3,(H,56,59)/b37-34-,46-43+. The number of ether oxygens (including phenoxy) is 1. The number of nitrogens with one attached hydrogen (secondary N) is 1. The van der Waals surface area contributed by atoms with E-state index in [0.717, 1.165) is 51.4 Å². The first kappa shape index (κ1) is 59.3. The average molecular weight is 860 g/mol. The maximum Gasteiger partial charge on any atom is 0.306 e. The molecule has 61 heavy (non-hydrogen) atoms. The molecule has 0 spiro atoms. The van der Waals surface area contributed by atoms with Crippen molar-refractivity contribution in [3.63, 3.8) is 0 Å². The topological polar surface area (TPSA) is 95.9 Å². The molecule has 3 atom stereocenters. The third-order valence-corrected chi connectivity index (χ3v) is 12.5. The van der Waals surface area contributed by atoms with Gasteiger partial charge in [-0.2, -0.15) is 0 Å². The molecule has 0 saturated carbocycles. The van der Waals surface area contributed by atoms with Gasteiger partial charge in [0.05, 0.1) is 25.2 Å². The fraction of sp³-hybridized carbons (Fsp3) is 0.891. The van der Waals surface area contributed by atoms with Gasteiger partial charge in [-0.25, -0.2) is 0 Å². The van der Waals surface area contributed by atoms with Gasteiger partial charge >= 0.3 is 5.97 Å². The van der Waals surface area contributed by atoms with Crippen LogP contribution in [0.3, 0.4) is 0 Å². The largest absolute Gasteiger partial charge is 0.458 e. The van der Waals surface area contributed by atoms with Crippen molar-refractivity contribution in [2.24, 2.45) is 0 Å². The van der Waals surface area contributed by atoms with Crippen molar-refractivity contribution in [3.8, 4) is 0 Å². The van der Waals surface area contributed by atoms with Gasteiger partial charge in [0.2, 0.25) is 5.91 Å². The lowest BCUT2D eigenvalue weighted by atomic mass is 10.0. The van der Waals surface area contributed by atoms with Crippen molar-refractivity contribution in [2.75, 3.05) is 6.61 Å². The van der Waals surface area contributed by atoms with Crippen LogP contribution in [0, 0.1) is 0 Å². The molecule has 1 amide bonds. The molecule has 0 aromatic carbocycles. The van der Waals surface area contributed by atoms with Gasteiger partial charge in [-0.3, -0.25) is 9.59 Å². The molecular formula is C55H105NO5. The zero-order valence-corrected chi connectivity index (χ0v) is 41.1. The molecule has 0 radical (unpaired) electrons. The lowest BCUT2D eigenvalue weighted by molar-refractivity contribution is -0.148. The van der Waals surface area contributed by atoms with Crippen LogP contribution in [0.1, 0.15) is 290 Å². The van der Waals surface area contributed by atoms with Crippen molar-refractivity contribution in [3.05, 3.63) is 24.3 Å². The molecular weight excluding hydrogens is 755 g/mol. The second kappa shape index (κ2) is 49.4. The summed E-state index contributed by atoms with van der Waals surface area (Å²) >= 11 is 0. The molecule has 0 aromatic heterocycles. The minimum absolute atomic E-state index is 0.0230. The van der Waals surface area contributed by atoms with Gasteiger partial charge in [-0.15, -0.1) is 0 Å². The monoisotopic (exact) mass is 860 g/mol. The Kier molecular flexibility index (Phi) is 48.0. The fourth-order valence-corrected chi connectivity index (χ4v) is 8.40. The molecule has 0 heterocycles. The summed E-state index contributed by atoms with van der Waals surface area (Å²) in [5.74, 6) is -0.587. The fourth-order valence-electron chi connectivity index (χ4n) is 8.40. The summed E-state index contributed by atoms with van der Waals surface area (Å²) in [5, 5.41) is 23.8. The summed E-state index contributed by atoms with van der Waals surface area (Å²) < 4.78 is 5.83. The molecule has 0 aromatic rings. The van der Waals surface area contributed by atoms with Gasteiger partial charge in [0.1, 0.15) is 6.10 Å². The van der Waals surface area contributed by atoms with Crippen LogP contribution in [-0.4, -0.2) is 46.9 Å². The lowest BCUT2D eigenvalue weighted by Gasteiger charge is -2.23. The van der Waals surface area contributed by atoms with E-state index in [-0.39, 0.29) is 24.9 Å². The van der Waals surface area contributed by atoms with E-state index in [4.69, 9.17) is 4.74 Å². The molecule has 3 unspecified atom stereocenters. The Morgan fingerprint density at radius 1 is 0.492 bits per heavy atom. The van der Waals surface area contributed by atoms with E-state index in [1.165, 1.54) is 199 Å². The average Bonchev–Trinajstić information content (AvgIpc) is 3.25. The van der Waals surface area contributed by atoms with Crippen LogP contribution in [0.15, 0.2) is 24.3 Å². The highest BCUT2D eigenvalue weighted by Gasteiger charge is 2.23. The third-order valence-electron chi connectivity index (χ3n) is 12.5. The number of esters is 1. The summed E-state index contributed by atoms with van der Waals surface area (Å²) in [5.41, 5.74) is 0. The van der Waals surface area contributed by atoms with Gasteiger partial charge in [-0.05, 0) is 38.2 Å². The molecule has 6 heteroatoms. The number of allylic oxidation sites excluding steroid dienone is 3. The molecule has 360 valence electrons. The molecule has 0 aliphatic heterocycles. The summed E-state index contributed by atoms with van der Waals surface area (Å²) in [6.07, 6.45) is 57.0. The van der Waals surface area contributed by atoms with Gasteiger partial charge in [0, 0.05) is 6.42 Å². The number of unbranched alkanes of at least 4 members (excludes halogenated alkanes) is 35. The van der Waals surface area contributed by atoms with Crippen LogP contribution in [0.4, 0.5) is 0 Å². The Morgan fingerprint density at radius 2 is 0.869 bits per heavy atom. The first-order chi connectivity index (χ1) is 30.0. The Bertz CT molecular complexity index is 966. The number of aliphatic hydroxyl groups excluding tert-OH is 2. The van der Waals surface area contributed by atoms with E-state index in [9.17, 15) is 19.8 Å². The zero-order chi connectivity index (χ0) is 44.5. The molecule has 0 aliphatic carbocycles. The van der Waals surface area contributed by atoms with Crippen LogP contribution < -0.4 is 5.32 Å². The van der Waals surface area contributed by atoms with Crippen molar-refractivity contribution in [1.82, 2.24) is 5.32 Å². The van der Waals surface area contributed by atoms with Crippen molar-refractivity contribution in [2.45, 2.75) is 309 Å². The van der Waals surface area contributed by atoms with E-state index >= 15 is 0 Å². The Hall–Kier alpha value is -1.66. The predicted octanol–water partition coefficient (Wildman–Crippen LogP) is 16.3. The molecule has 3 N–H and O–H groups in total. The van der Waals surface area contributed by atoms with E-state index < -0.39 is 18.2 Å². The molecule has 0 saturated heterocycles. The van der Waals surface area contributed by atoms with E-state index in [2.05, 4.69) is 38.2 Å². The Balaban J connectivity index is 4.50. The Morgan fingerprint density at radius 3 is 1.28 bits per heavy atom. The number of carbonyl (C=O) groups is 2. The minimum Gasteiger partial charge on any atom is -0.458 e. The van der Waals surface area contributed by atoms with Gasteiger partial charge in [0.25, 0.3) is 0 Å². The smallest absolute Gasteiger partial charge is 0.306 e. The second-order valence-electron chi connectivity index (χ2n) is 18.6. The summed E-state index contributed by atoms with van der Waals surface area (Å²) in [4.78, 5) is 26.1. The molecule has 0 aliphatic rings. The quantitative estimate of drug-likeness (QED) is 0.0322. The van der Waals surface area contributed by atoms with Crippen LogP contribution in [0.5, 0.6) is 0 Å². The van der Waals surface area contributed by atoms with Crippen LogP contribution in [0.2, 0.25) is 0 Å². The molecule has 0 fully saturated rings. The van der Waals surface area contributed by atoms with Crippen molar-refractivity contribution >= 4 is 11.9 Å². The highest BCUT2D eigenvalue weighted by molar-refractivity contribution is 5.78.